The Hall–Kier alpha value is -2.54. The number of rotatable bonds is 4. The summed E-state index contributed by atoms with van der Waals surface area (Å²) in [6, 6.07) is 11.5. The van der Waals surface area contributed by atoms with Crippen LogP contribution >= 0.6 is 0 Å². The Morgan fingerprint density at radius 2 is 2.04 bits per heavy atom. The van der Waals surface area contributed by atoms with Crippen LogP contribution in [0.3, 0.4) is 0 Å². The van der Waals surface area contributed by atoms with E-state index in [1.807, 2.05) is 17.0 Å². The van der Waals surface area contributed by atoms with Gasteiger partial charge >= 0.3 is 0 Å². The summed E-state index contributed by atoms with van der Waals surface area (Å²) in [6.07, 6.45) is 6.99. The van der Waals surface area contributed by atoms with Crippen molar-refractivity contribution in [2.45, 2.75) is 44.1 Å². The highest BCUT2D eigenvalue weighted by molar-refractivity contribution is 6.07. The first-order chi connectivity index (χ1) is 11.3. The van der Waals surface area contributed by atoms with E-state index >= 15 is 0 Å². The molecule has 0 radical (unpaired) electrons. The molecule has 23 heavy (non-hydrogen) atoms. The van der Waals surface area contributed by atoms with Crippen molar-refractivity contribution in [3.8, 4) is 6.07 Å². The molecule has 0 atom stereocenters. The third-order valence-electron chi connectivity index (χ3n) is 4.79. The molecule has 0 saturated heterocycles. The number of hydrogen-bond acceptors (Lipinski definition) is 3. The van der Waals surface area contributed by atoms with E-state index in [1.54, 1.807) is 24.5 Å². The van der Waals surface area contributed by atoms with Gasteiger partial charge in [-0.25, -0.2) is 0 Å². The highest BCUT2D eigenvalue weighted by Crippen LogP contribution is 2.43. The van der Waals surface area contributed by atoms with E-state index < -0.39 is 0 Å². The predicted molar refractivity (Wildman–Crippen MR) is 86.3 cm³/mol. The molecule has 0 N–H and O–H groups in total. The van der Waals surface area contributed by atoms with Gasteiger partial charge in [0.1, 0.15) is 5.76 Å². The maximum Gasteiger partial charge on any atom is 0.262 e. The monoisotopic (exact) mass is 306 g/mol. The molecule has 1 heterocycles. The van der Waals surface area contributed by atoms with Crippen molar-refractivity contribution in [2.24, 2.45) is 0 Å². The molecule has 1 aromatic heterocycles. The molecular weight excluding hydrogens is 288 g/mol. The molecule has 4 rings (SSSR count). The average molecular weight is 306 g/mol. The van der Waals surface area contributed by atoms with Crippen molar-refractivity contribution < 1.29 is 9.21 Å². The SMILES string of the molecule is N#Cc1cccc(N(C(=O)c2ccoc2C2CC2)C2CCC2)c1. The molecule has 0 spiro atoms. The van der Waals surface area contributed by atoms with Gasteiger partial charge in [0.15, 0.2) is 0 Å². The van der Waals surface area contributed by atoms with Crippen LogP contribution in [0.4, 0.5) is 5.69 Å². The van der Waals surface area contributed by atoms with Gasteiger partial charge in [0.05, 0.1) is 23.5 Å². The van der Waals surface area contributed by atoms with Crippen LogP contribution in [0.1, 0.15) is 59.7 Å². The van der Waals surface area contributed by atoms with Crippen molar-refractivity contribution in [1.29, 1.82) is 5.26 Å². The molecule has 4 nitrogen and oxygen atoms in total. The number of carbonyl (C=O) groups is 1. The lowest BCUT2D eigenvalue weighted by atomic mass is 9.90. The van der Waals surface area contributed by atoms with Gasteiger partial charge in [-0.15, -0.1) is 0 Å². The number of furan rings is 1. The molecule has 2 aliphatic rings. The molecule has 2 aliphatic carbocycles. The van der Waals surface area contributed by atoms with Gasteiger partial charge in [-0.1, -0.05) is 6.07 Å². The third-order valence-corrected chi connectivity index (χ3v) is 4.79. The minimum atomic E-state index is 0.000407. The van der Waals surface area contributed by atoms with E-state index in [0.29, 0.717) is 17.0 Å². The topological polar surface area (TPSA) is 57.2 Å². The zero-order valence-electron chi connectivity index (χ0n) is 12.9. The van der Waals surface area contributed by atoms with Crippen LogP contribution in [0, 0.1) is 11.3 Å². The van der Waals surface area contributed by atoms with Gasteiger partial charge in [-0.3, -0.25) is 4.79 Å². The largest absolute Gasteiger partial charge is 0.468 e. The van der Waals surface area contributed by atoms with Crippen LogP contribution in [0.25, 0.3) is 0 Å². The van der Waals surface area contributed by atoms with Crippen LogP contribution < -0.4 is 4.90 Å². The third kappa shape index (κ3) is 2.53. The maximum absolute atomic E-state index is 13.2. The van der Waals surface area contributed by atoms with Crippen LogP contribution in [-0.4, -0.2) is 11.9 Å². The summed E-state index contributed by atoms with van der Waals surface area (Å²) in [5.74, 6) is 1.23. The number of amides is 1. The predicted octanol–water partition coefficient (Wildman–Crippen LogP) is 4.23. The Morgan fingerprint density at radius 3 is 2.70 bits per heavy atom. The average Bonchev–Trinajstić information content (AvgIpc) is 3.27. The molecule has 0 bridgehead atoms. The standard InChI is InChI=1S/C19H18N2O2/c20-12-13-3-1-6-16(11-13)21(15-4-2-5-15)19(22)17-9-10-23-18(17)14-7-8-14/h1,3,6,9-11,14-15H,2,4-5,7-8H2. The summed E-state index contributed by atoms with van der Waals surface area (Å²) in [5, 5.41) is 9.13. The van der Waals surface area contributed by atoms with Crippen LogP contribution in [-0.2, 0) is 0 Å². The Balaban J connectivity index is 1.71. The number of benzene rings is 1. The smallest absolute Gasteiger partial charge is 0.262 e. The fourth-order valence-electron chi connectivity index (χ4n) is 3.15. The molecule has 0 unspecified atom stereocenters. The first-order valence-electron chi connectivity index (χ1n) is 8.19. The quantitative estimate of drug-likeness (QED) is 0.849. The molecular formula is C19H18N2O2. The molecule has 1 aromatic carbocycles. The number of anilines is 1. The molecule has 0 aliphatic heterocycles. The Morgan fingerprint density at radius 1 is 1.22 bits per heavy atom. The maximum atomic E-state index is 13.2. The zero-order chi connectivity index (χ0) is 15.8. The lowest BCUT2D eigenvalue weighted by Gasteiger charge is -2.37. The van der Waals surface area contributed by atoms with Gasteiger partial charge in [-0.05, 0) is 56.4 Å². The van der Waals surface area contributed by atoms with E-state index in [4.69, 9.17) is 9.68 Å². The summed E-state index contributed by atoms with van der Waals surface area (Å²) in [5.41, 5.74) is 2.07. The summed E-state index contributed by atoms with van der Waals surface area (Å²) < 4.78 is 5.57. The Labute approximate surface area is 135 Å². The molecule has 4 heteroatoms. The summed E-state index contributed by atoms with van der Waals surface area (Å²) in [4.78, 5) is 15.0. The van der Waals surface area contributed by atoms with Crippen molar-refractivity contribution in [3.05, 3.63) is 53.5 Å². The molecule has 116 valence electrons. The van der Waals surface area contributed by atoms with Crippen LogP contribution in [0.2, 0.25) is 0 Å². The first-order valence-corrected chi connectivity index (χ1v) is 8.19. The van der Waals surface area contributed by atoms with Gasteiger partial charge in [0.2, 0.25) is 0 Å². The second-order valence-corrected chi connectivity index (χ2v) is 6.39. The van der Waals surface area contributed by atoms with Crippen molar-refractivity contribution in [1.82, 2.24) is 0 Å². The number of hydrogen-bond donors (Lipinski definition) is 0. The normalized spacial score (nSPS) is 17.3. The lowest BCUT2D eigenvalue weighted by Crippen LogP contribution is -2.44. The Kier molecular flexibility index (Phi) is 3.42. The lowest BCUT2D eigenvalue weighted by molar-refractivity contribution is 0.0962. The fourth-order valence-corrected chi connectivity index (χ4v) is 3.15. The van der Waals surface area contributed by atoms with E-state index in [9.17, 15) is 4.79 Å². The van der Waals surface area contributed by atoms with Gasteiger partial charge in [0.25, 0.3) is 5.91 Å². The Bertz CT molecular complexity index is 779. The van der Waals surface area contributed by atoms with Gasteiger partial charge < -0.3 is 9.32 Å². The summed E-state index contributed by atoms with van der Waals surface area (Å²) >= 11 is 0. The van der Waals surface area contributed by atoms with Crippen LogP contribution in [0.15, 0.2) is 41.0 Å². The number of nitriles is 1. The van der Waals surface area contributed by atoms with E-state index in [0.717, 1.165) is 43.6 Å². The van der Waals surface area contributed by atoms with Crippen molar-refractivity contribution in [3.63, 3.8) is 0 Å². The zero-order valence-corrected chi connectivity index (χ0v) is 12.9. The molecule has 2 saturated carbocycles. The molecule has 2 aromatic rings. The second-order valence-electron chi connectivity index (χ2n) is 6.39. The van der Waals surface area contributed by atoms with Crippen molar-refractivity contribution in [2.75, 3.05) is 4.90 Å². The van der Waals surface area contributed by atoms with E-state index in [2.05, 4.69) is 6.07 Å². The molecule has 1 amide bonds. The second kappa shape index (κ2) is 5.58. The van der Waals surface area contributed by atoms with Crippen LogP contribution in [0.5, 0.6) is 0 Å². The minimum Gasteiger partial charge on any atom is -0.468 e. The first kappa shape index (κ1) is 14.1. The molecule has 2 fully saturated rings. The van der Waals surface area contributed by atoms with Gasteiger partial charge in [-0.2, -0.15) is 5.26 Å². The highest BCUT2D eigenvalue weighted by atomic mass is 16.3. The summed E-state index contributed by atoms with van der Waals surface area (Å²) in [6.45, 7) is 0. The summed E-state index contributed by atoms with van der Waals surface area (Å²) in [7, 11) is 0. The van der Waals surface area contributed by atoms with Gasteiger partial charge in [0, 0.05) is 17.6 Å². The van der Waals surface area contributed by atoms with Crippen molar-refractivity contribution >= 4 is 11.6 Å². The van der Waals surface area contributed by atoms with E-state index in [-0.39, 0.29) is 11.9 Å². The van der Waals surface area contributed by atoms with E-state index in [1.165, 1.54) is 0 Å². The number of carbonyl (C=O) groups excluding carboxylic acids is 1. The highest BCUT2D eigenvalue weighted by Gasteiger charge is 2.36. The number of nitrogens with zero attached hydrogens (tertiary/aromatic N) is 2. The minimum absolute atomic E-state index is 0.000407. The fraction of sp³-hybridized carbons (Fsp3) is 0.368.